The van der Waals surface area contributed by atoms with Crippen LogP contribution in [0.15, 0.2) is 54.0 Å². The SMILES string of the molecule is C=CC(O)N1CCN(c2nc(=O)n(-c3c(C)ccnc3C(C)C)c3nc(-c4cc(N)ccc4F)c(F)cc23)[C@@H](C)C1. The molecule has 1 unspecified atom stereocenters. The molecule has 41 heavy (non-hydrogen) atoms. The molecule has 2 atom stereocenters. The highest BCUT2D eigenvalue weighted by molar-refractivity contribution is 5.90. The number of anilines is 2. The molecule has 0 saturated carbocycles. The van der Waals surface area contributed by atoms with Gasteiger partial charge in [-0.2, -0.15) is 4.98 Å². The van der Waals surface area contributed by atoms with Crippen LogP contribution in [0.25, 0.3) is 28.0 Å². The van der Waals surface area contributed by atoms with Crippen LogP contribution in [0.1, 0.15) is 37.9 Å². The van der Waals surface area contributed by atoms with Gasteiger partial charge in [0.05, 0.1) is 16.8 Å². The van der Waals surface area contributed by atoms with Crippen molar-refractivity contribution in [2.45, 2.75) is 45.9 Å². The van der Waals surface area contributed by atoms with E-state index in [1.165, 1.54) is 28.8 Å². The van der Waals surface area contributed by atoms with Crippen molar-refractivity contribution in [1.82, 2.24) is 24.4 Å². The first-order valence-corrected chi connectivity index (χ1v) is 13.5. The maximum Gasteiger partial charge on any atom is 0.355 e. The second kappa shape index (κ2) is 11.0. The largest absolute Gasteiger partial charge is 0.399 e. The second-order valence-electron chi connectivity index (χ2n) is 10.7. The number of aliphatic hydroxyl groups is 1. The molecule has 0 aliphatic carbocycles. The van der Waals surface area contributed by atoms with Crippen LogP contribution in [0.2, 0.25) is 0 Å². The van der Waals surface area contributed by atoms with Gasteiger partial charge in [-0.3, -0.25) is 9.88 Å². The molecule has 1 aliphatic heterocycles. The maximum absolute atomic E-state index is 15.8. The van der Waals surface area contributed by atoms with E-state index >= 15 is 4.39 Å². The third-order valence-electron chi connectivity index (χ3n) is 7.49. The normalized spacial score (nSPS) is 16.9. The zero-order valence-electron chi connectivity index (χ0n) is 23.5. The summed E-state index contributed by atoms with van der Waals surface area (Å²) in [7, 11) is 0. The Bertz CT molecular complexity index is 1710. The Morgan fingerprint density at radius 3 is 2.59 bits per heavy atom. The minimum atomic E-state index is -0.810. The predicted octanol–water partition coefficient (Wildman–Crippen LogP) is 4.15. The van der Waals surface area contributed by atoms with Gasteiger partial charge < -0.3 is 15.7 Å². The first-order chi connectivity index (χ1) is 19.5. The molecule has 1 fully saturated rings. The highest BCUT2D eigenvalue weighted by Crippen LogP contribution is 2.34. The van der Waals surface area contributed by atoms with Crippen LogP contribution in [0.5, 0.6) is 0 Å². The molecule has 0 bridgehead atoms. The van der Waals surface area contributed by atoms with Crippen LogP contribution in [-0.2, 0) is 0 Å². The van der Waals surface area contributed by atoms with Gasteiger partial charge in [0.15, 0.2) is 5.65 Å². The van der Waals surface area contributed by atoms with Crippen LogP contribution in [0.4, 0.5) is 20.3 Å². The molecular formula is C30H33F2N7O2. The number of aryl methyl sites for hydroxylation is 1. The number of hydrogen-bond donors (Lipinski definition) is 2. The Labute approximate surface area is 236 Å². The van der Waals surface area contributed by atoms with Gasteiger partial charge >= 0.3 is 5.69 Å². The number of nitrogens with two attached hydrogens (primary N) is 1. The summed E-state index contributed by atoms with van der Waals surface area (Å²) in [6, 6.07) is 6.69. The molecule has 5 rings (SSSR count). The molecule has 214 valence electrons. The van der Waals surface area contributed by atoms with Crippen molar-refractivity contribution in [2.75, 3.05) is 30.3 Å². The summed E-state index contributed by atoms with van der Waals surface area (Å²) in [5.41, 5.74) is 7.16. The maximum atomic E-state index is 15.8. The molecule has 0 radical (unpaired) electrons. The standard InChI is InChI=1S/C30H33F2N7O2/c1-6-24(40)37-11-12-38(18(5)15-37)28-21-14-23(32)26(20-13-19(33)7-8-22(20)31)35-29(21)39(30(41)36-28)27-17(4)9-10-34-25(27)16(2)3/h6-10,13-14,16,18,24,40H,1,11-12,15,33H2,2-5H3/t18-,24?/m0/s1. The summed E-state index contributed by atoms with van der Waals surface area (Å²) in [4.78, 5) is 31.3. The van der Waals surface area contributed by atoms with Gasteiger partial charge in [0.2, 0.25) is 0 Å². The Morgan fingerprint density at radius 1 is 1.15 bits per heavy atom. The number of fused-ring (bicyclic) bond motifs is 1. The number of rotatable bonds is 6. The zero-order valence-corrected chi connectivity index (χ0v) is 23.5. The average molecular weight is 562 g/mol. The Balaban J connectivity index is 1.82. The molecule has 1 aliphatic rings. The highest BCUT2D eigenvalue weighted by Gasteiger charge is 2.31. The van der Waals surface area contributed by atoms with Crippen molar-refractivity contribution in [3.8, 4) is 16.9 Å². The molecule has 3 N–H and O–H groups in total. The van der Waals surface area contributed by atoms with Crippen LogP contribution in [0.3, 0.4) is 0 Å². The summed E-state index contributed by atoms with van der Waals surface area (Å²) in [6.07, 6.45) is 2.31. The van der Waals surface area contributed by atoms with E-state index < -0.39 is 23.6 Å². The number of benzene rings is 1. The number of nitrogen functional groups attached to an aromatic ring is 1. The molecule has 0 spiro atoms. The number of aromatic nitrogens is 4. The number of aliphatic hydroxyl groups excluding tert-OH is 1. The van der Waals surface area contributed by atoms with E-state index in [0.29, 0.717) is 31.0 Å². The van der Waals surface area contributed by atoms with Gasteiger partial charge in [-0.15, -0.1) is 0 Å². The number of hydrogen-bond acceptors (Lipinski definition) is 8. The Hall–Kier alpha value is -4.22. The van der Waals surface area contributed by atoms with Crippen LogP contribution in [0, 0.1) is 18.6 Å². The molecule has 1 saturated heterocycles. The lowest BCUT2D eigenvalue weighted by Crippen LogP contribution is -2.55. The number of nitrogens with zero attached hydrogens (tertiary/aromatic N) is 6. The van der Waals surface area contributed by atoms with Crippen molar-refractivity contribution in [3.05, 3.63) is 82.6 Å². The third-order valence-corrected chi connectivity index (χ3v) is 7.49. The third kappa shape index (κ3) is 5.07. The number of pyridine rings is 2. The monoisotopic (exact) mass is 561 g/mol. The summed E-state index contributed by atoms with van der Waals surface area (Å²) >= 11 is 0. The van der Waals surface area contributed by atoms with Gasteiger partial charge in [-0.25, -0.2) is 23.1 Å². The van der Waals surface area contributed by atoms with Gasteiger partial charge in [0.1, 0.15) is 29.4 Å². The number of halogens is 2. The zero-order chi connectivity index (χ0) is 29.6. The van der Waals surface area contributed by atoms with Crippen molar-refractivity contribution in [2.24, 2.45) is 0 Å². The lowest BCUT2D eigenvalue weighted by Gasteiger charge is -2.42. The fraction of sp³-hybridized carbons (Fsp3) is 0.333. The molecule has 4 aromatic rings. The fourth-order valence-corrected chi connectivity index (χ4v) is 5.41. The molecular weight excluding hydrogens is 528 g/mol. The van der Waals surface area contributed by atoms with Crippen LogP contribution < -0.4 is 16.3 Å². The molecule has 9 nitrogen and oxygen atoms in total. The predicted molar refractivity (Wildman–Crippen MR) is 156 cm³/mol. The van der Waals surface area contributed by atoms with E-state index in [9.17, 15) is 14.3 Å². The van der Waals surface area contributed by atoms with E-state index in [-0.39, 0.29) is 45.8 Å². The number of piperazine rings is 1. The summed E-state index contributed by atoms with van der Waals surface area (Å²) in [6.45, 7) is 12.7. The average Bonchev–Trinajstić information content (AvgIpc) is 2.94. The minimum absolute atomic E-state index is 0.0535. The molecule has 3 aromatic heterocycles. The topological polar surface area (TPSA) is 113 Å². The van der Waals surface area contributed by atoms with Gasteiger partial charge in [0, 0.05) is 43.1 Å². The molecule has 11 heteroatoms. The minimum Gasteiger partial charge on any atom is -0.399 e. The van der Waals surface area contributed by atoms with Crippen molar-refractivity contribution >= 4 is 22.5 Å². The molecule has 4 heterocycles. The molecule has 0 amide bonds. The van der Waals surface area contributed by atoms with E-state index in [1.807, 2.05) is 37.5 Å². The van der Waals surface area contributed by atoms with Gasteiger partial charge in [-0.05, 0) is 61.7 Å². The van der Waals surface area contributed by atoms with E-state index in [4.69, 9.17) is 5.73 Å². The lowest BCUT2D eigenvalue weighted by atomic mass is 10.0. The second-order valence-corrected chi connectivity index (χ2v) is 10.7. The summed E-state index contributed by atoms with van der Waals surface area (Å²) in [5, 5.41) is 10.6. The highest BCUT2D eigenvalue weighted by atomic mass is 19.1. The van der Waals surface area contributed by atoms with E-state index in [1.54, 1.807) is 12.3 Å². The first kappa shape index (κ1) is 28.3. The first-order valence-electron chi connectivity index (χ1n) is 13.5. The van der Waals surface area contributed by atoms with Crippen molar-refractivity contribution in [3.63, 3.8) is 0 Å². The Morgan fingerprint density at radius 2 is 1.90 bits per heavy atom. The quantitative estimate of drug-likeness (QED) is 0.267. The van der Waals surface area contributed by atoms with Gasteiger partial charge in [-0.1, -0.05) is 20.4 Å². The van der Waals surface area contributed by atoms with Crippen LogP contribution >= 0.6 is 0 Å². The van der Waals surface area contributed by atoms with Gasteiger partial charge in [0.25, 0.3) is 0 Å². The van der Waals surface area contributed by atoms with Crippen LogP contribution in [-0.4, -0.2) is 61.4 Å². The molecule has 1 aromatic carbocycles. The van der Waals surface area contributed by atoms with E-state index in [0.717, 1.165) is 11.6 Å². The Kier molecular flexibility index (Phi) is 7.58. The van der Waals surface area contributed by atoms with E-state index in [2.05, 4.69) is 21.5 Å². The summed E-state index contributed by atoms with van der Waals surface area (Å²) < 4.78 is 32.1. The fourth-order valence-electron chi connectivity index (χ4n) is 5.41. The van der Waals surface area contributed by atoms with Crippen molar-refractivity contribution in [1.29, 1.82) is 0 Å². The lowest BCUT2D eigenvalue weighted by molar-refractivity contribution is 0.0296. The smallest absolute Gasteiger partial charge is 0.355 e. The van der Waals surface area contributed by atoms with Crippen molar-refractivity contribution < 1.29 is 13.9 Å². The summed E-state index contributed by atoms with van der Waals surface area (Å²) in [5.74, 6) is -1.27.